The zero-order chi connectivity index (χ0) is 12.5. The molecule has 1 saturated carbocycles. The summed E-state index contributed by atoms with van der Waals surface area (Å²) in [7, 11) is 0. The first-order valence-electron chi connectivity index (χ1n) is 6.33. The van der Waals surface area contributed by atoms with E-state index in [0.717, 1.165) is 22.9 Å². The third-order valence-electron chi connectivity index (χ3n) is 3.34. The van der Waals surface area contributed by atoms with Crippen LogP contribution in [0.15, 0.2) is 43.0 Å². The molecular formula is C15H17N3. The first kappa shape index (κ1) is 11.1. The minimum atomic E-state index is 0.568. The van der Waals surface area contributed by atoms with E-state index in [1.165, 1.54) is 12.8 Å². The molecule has 0 saturated heterocycles. The molecule has 2 aromatic rings. The third-order valence-corrected chi connectivity index (χ3v) is 3.34. The highest BCUT2D eigenvalue weighted by atomic mass is 15.1. The van der Waals surface area contributed by atoms with E-state index in [4.69, 9.17) is 10.7 Å². The molecule has 1 aliphatic rings. The predicted octanol–water partition coefficient (Wildman–Crippen LogP) is 3.20. The number of aromatic nitrogens is 2. The van der Waals surface area contributed by atoms with Gasteiger partial charge < -0.3 is 10.3 Å². The Hall–Kier alpha value is -2.03. The topological polar surface area (TPSA) is 43.8 Å². The van der Waals surface area contributed by atoms with E-state index in [1.54, 1.807) is 0 Å². The largest absolute Gasteiger partial charge is 0.384 e. The standard InChI is InChI=1S/C15H17N3/c1-2-10-18-14(16)13(11-8-9-11)17-15(18)12-6-4-3-5-7-12/h2-7,11H,1,8-10,16H2. The molecule has 0 aliphatic heterocycles. The van der Waals surface area contributed by atoms with Gasteiger partial charge in [-0.15, -0.1) is 6.58 Å². The summed E-state index contributed by atoms with van der Waals surface area (Å²) in [5.74, 6) is 2.32. The van der Waals surface area contributed by atoms with Gasteiger partial charge in [-0.3, -0.25) is 0 Å². The molecular weight excluding hydrogens is 222 g/mol. The SMILES string of the molecule is C=CCn1c(-c2ccccc2)nc(C2CC2)c1N. The van der Waals surface area contributed by atoms with Gasteiger partial charge in [0, 0.05) is 18.0 Å². The number of nitrogens with zero attached hydrogens (tertiary/aromatic N) is 2. The fourth-order valence-corrected chi connectivity index (χ4v) is 2.26. The number of nitrogen functional groups attached to an aromatic ring is 1. The number of benzene rings is 1. The van der Waals surface area contributed by atoms with Gasteiger partial charge in [-0.1, -0.05) is 36.4 Å². The molecule has 92 valence electrons. The van der Waals surface area contributed by atoms with E-state index in [9.17, 15) is 0 Å². The third kappa shape index (κ3) is 1.82. The number of hydrogen-bond donors (Lipinski definition) is 1. The van der Waals surface area contributed by atoms with Crippen molar-refractivity contribution < 1.29 is 0 Å². The van der Waals surface area contributed by atoms with Gasteiger partial charge >= 0.3 is 0 Å². The summed E-state index contributed by atoms with van der Waals surface area (Å²) in [5, 5.41) is 0. The van der Waals surface area contributed by atoms with Gasteiger partial charge in [0.25, 0.3) is 0 Å². The molecule has 0 unspecified atom stereocenters. The lowest BCUT2D eigenvalue weighted by Crippen LogP contribution is -2.03. The lowest BCUT2D eigenvalue weighted by Gasteiger charge is -2.06. The Balaban J connectivity index is 2.12. The molecule has 2 N–H and O–H groups in total. The predicted molar refractivity (Wildman–Crippen MR) is 74.2 cm³/mol. The highest BCUT2D eigenvalue weighted by molar-refractivity contribution is 5.61. The van der Waals surface area contributed by atoms with E-state index in [1.807, 2.05) is 24.3 Å². The lowest BCUT2D eigenvalue weighted by molar-refractivity contribution is 0.842. The normalized spacial score (nSPS) is 14.7. The van der Waals surface area contributed by atoms with Gasteiger partial charge in [-0.25, -0.2) is 4.98 Å². The zero-order valence-electron chi connectivity index (χ0n) is 10.3. The van der Waals surface area contributed by atoms with Crippen molar-refractivity contribution in [1.29, 1.82) is 0 Å². The van der Waals surface area contributed by atoms with Gasteiger partial charge in [0.1, 0.15) is 11.6 Å². The smallest absolute Gasteiger partial charge is 0.142 e. The number of anilines is 1. The molecule has 1 aromatic heterocycles. The van der Waals surface area contributed by atoms with Crippen molar-refractivity contribution in [1.82, 2.24) is 9.55 Å². The second-order valence-corrected chi connectivity index (χ2v) is 4.75. The van der Waals surface area contributed by atoms with Crippen LogP contribution in [0, 0.1) is 0 Å². The second-order valence-electron chi connectivity index (χ2n) is 4.75. The Morgan fingerprint density at radius 2 is 2.06 bits per heavy atom. The molecule has 3 nitrogen and oxygen atoms in total. The fourth-order valence-electron chi connectivity index (χ4n) is 2.26. The monoisotopic (exact) mass is 239 g/mol. The van der Waals surface area contributed by atoms with E-state index in [0.29, 0.717) is 12.5 Å². The molecule has 3 rings (SSSR count). The van der Waals surface area contributed by atoms with Gasteiger partial charge in [0.05, 0.1) is 5.69 Å². The van der Waals surface area contributed by atoms with Gasteiger partial charge in [-0.2, -0.15) is 0 Å². The Bertz CT molecular complexity index is 565. The minimum Gasteiger partial charge on any atom is -0.384 e. The molecule has 1 heterocycles. The van der Waals surface area contributed by atoms with Crippen LogP contribution in [0.2, 0.25) is 0 Å². The van der Waals surface area contributed by atoms with Crippen molar-refractivity contribution in [2.75, 3.05) is 5.73 Å². The summed E-state index contributed by atoms with van der Waals surface area (Å²) in [6, 6.07) is 10.2. The first-order valence-corrected chi connectivity index (χ1v) is 6.33. The number of allylic oxidation sites excluding steroid dienone is 1. The average molecular weight is 239 g/mol. The molecule has 3 heteroatoms. The van der Waals surface area contributed by atoms with E-state index in [-0.39, 0.29) is 0 Å². The molecule has 0 amide bonds. The molecule has 0 atom stereocenters. The van der Waals surface area contributed by atoms with E-state index < -0.39 is 0 Å². The van der Waals surface area contributed by atoms with Crippen molar-refractivity contribution >= 4 is 5.82 Å². The molecule has 0 bridgehead atoms. The summed E-state index contributed by atoms with van der Waals surface area (Å²) in [5.41, 5.74) is 8.40. The quantitative estimate of drug-likeness (QED) is 0.833. The minimum absolute atomic E-state index is 0.568. The van der Waals surface area contributed by atoms with Gasteiger partial charge in [-0.05, 0) is 12.8 Å². The van der Waals surface area contributed by atoms with Crippen LogP contribution >= 0.6 is 0 Å². The maximum atomic E-state index is 6.22. The number of nitrogens with two attached hydrogens (primary N) is 1. The zero-order valence-corrected chi connectivity index (χ0v) is 10.3. The van der Waals surface area contributed by atoms with Crippen LogP contribution in [-0.4, -0.2) is 9.55 Å². The van der Waals surface area contributed by atoms with Crippen molar-refractivity contribution in [2.45, 2.75) is 25.3 Å². The lowest BCUT2D eigenvalue weighted by atomic mass is 10.2. The molecule has 1 fully saturated rings. The summed E-state index contributed by atoms with van der Waals surface area (Å²) < 4.78 is 2.05. The number of rotatable bonds is 4. The van der Waals surface area contributed by atoms with Crippen LogP contribution < -0.4 is 5.73 Å². The van der Waals surface area contributed by atoms with Crippen molar-refractivity contribution in [2.24, 2.45) is 0 Å². The maximum Gasteiger partial charge on any atom is 0.142 e. The molecule has 0 spiro atoms. The summed E-state index contributed by atoms with van der Waals surface area (Å²) in [6.07, 6.45) is 4.29. The summed E-state index contributed by atoms with van der Waals surface area (Å²) >= 11 is 0. The molecule has 1 aromatic carbocycles. The van der Waals surface area contributed by atoms with Crippen LogP contribution in [0.5, 0.6) is 0 Å². The van der Waals surface area contributed by atoms with Crippen LogP contribution in [0.1, 0.15) is 24.5 Å². The van der Waals surface area contributed by atoms with Crippen molar-refractivity contribution in [3.63, 3.8) is 0 Å². The molecule has 0 radical (unpaired) electrons. The molecule has 1 aliphatic carbocycles. The molecule has 18 heavy (non-hydrogen) atoms. The van der Waals surface area contributed by atoms with Crippen LogP contribution in [-0.2, 0) is 6.54 Å². The second kappa shape index (κ2) is 4.33. The van der Waals surface area contributed by atoms with Crippen LogP contribution in [0.3, 0.4) is 0 Å². The summed E-state index contributed by atoms with van der Waals surface area (Å²) in [4.78, 5) is 4.75. The maximum absolute atomic E-state index is 6.22. The van der Waals surface area contributed by atoms with E-state index in [2.05, 4.69) is 23.3 Å². The summed E-state index contributed by atoms with van der Waals surface area (Å²) in [6.45, 7) is 4.50. The first-order chi connectivity index (χ1) is 8.81. The van der Waals surface area contributed by atoms with Crippen LogP contribution in [0.25, 0.3) is 11.4 Å². The Morgan fingerprint density at radius 3 is 2.67 bits per heavy atom. The van der Waals surface area contributed by atoms with Gasteiger partial charge in [0.15, 0.2) is 0 Å². The Kier molecular flexibility index (Phi) is 2.67. The Labute approximate surface area is 107 Å². The Morgan fingerprint density at radius 1 is 1.33 bits per heavy atom. The number of imidazole rings is 1. The van der Waals surface area contributed by atoms with E-state index >= 15 is 0 Å². The number of hydrogen-bond acceptors (Lipinski definition) is 2. The highest BCUT2D eigenvalue weighted by Gasteiger charge is 2.30. The average Bonchev–Trinajstić information content (AvgIpc) is 3.19. The van der Waals surface area contributed by atoms with Crippen molar-refractivity contribution in [3.8, 4) is 11.4 Å². The van der Waals surface area contributed by atoms with Gasteiger partial charge in [0.2, 0.25) is 0 Å². The van der Waals surface area contributed by atoms with Crippen LogP contribution in [0.4, 0.5) is 5.82 Å². The van der Waals surface area contributed by atoms with Crippen molar-refractivity contribution in [3.05, 3.63) is 48.7 Å². The fraction of sp³-hybridized carbons (Fsp3) is 0.267. The highest BCUT2D eigenvalue weighted by Crippen LogP contribution is 2.43.